The van der Waals surface area contributed by atoms with Gasteiger partial charge in [0.05, 0.1) is 13.2 Å². The lowest BCUT2D eigenvalue weighted by Gasteiger charge is -2.35. The Hall–Kier alpha value is -2.37. The summed E-state index contributed by atoms with van der Waals surface area (Å²) in [5.74, 6) is -0.00766. The van der Waals surface area contributed by atoms with Crippen LogP contribution in [0.5, 0.6) is 5.75 Å². The third-order valence-corrected chi connectivity index (χ3v) is 7.31. The average Bonchev–Trinajstić information content (AvgIpc) is 2.74. The van der Waals surface area contributed by atoms with Gasteiger partial charge in [0.15, 0.2) is 0 Å². The van der Waals surface area contributed by atoms with Crippen LogP contribution in [0.25, 0.3) is 0 Å². The zero-order valence-electron chi connectivity index (χ0n) is 21.1. The van der Waals surface area contributed by atoms with Gasteiger partial charge in [-0.15, -0.1) is 0 Å². The van der Waals surface area contributed by atoms with Gasteiger partial charge < -0.3 is 19.7 Å². The third kappa shape index (κ3) is 7.57. The van der Waals surface area contributed by atoms with Gasteiger partial charge in [0, 0.05) is 45.0 Å². The molecule has 1 fully saturated rings. The highest BCUT2D eigenvalue weighted by Gasteiger charge is 2.28. The van der Waals surface area contributed by atoms with Crippen LogP contribution in [0.2, 0.25) is 0 Å². The molecule has 1 saturated heterocycles. The first-order valence-corrected chi connectivity index (χ1v) is 13.1. The van der Waals surface area contributed by atoms with Gasteiger partial charge in [-0.2, -0.15) is 4.31 Å². The molecule has 10 nitrogen and oxygen atoms in total. The Morgan fingerprint density at radius 2 is 1.68 bits per heavy atom. The molecule has 1 aromatic carbocycles. The van der Waals surface area contributed by atoms with Gasteiger partial charge >= 0.3 is 6.09 Å². The van der Waals surface area contributed by atoms with Crippen molar-refractivity contribution >= 4 is 27.7 Å². The van der Waals surface area contributed by atoms with Gasteiger partial charge in [-0.25, -0.2) is 13.2 Å². The molecule has 2 rings (SSSR count). The Morgan fingerprint density at radius 3 is 2.21 bits per heavy atom. The average molecular weight is 499 g/mol. The van der Waals surface area contributed by atoms with Crippen LogP contribution in [-0.2, 0) is 19.6 Å². The van der Waals surface area contributed by atoms with E-state index in [1.807, 2.05) is 25.7 Å². The highest BCUT2D eigenvalue weighted by Crippen LogP contribution is 2.30. The lowest BCUT2D eigenvalue weighted by molar-refractivity contribution is -0.117. The van der Waals surface area contributed by atoms with Crippen molar-refractivity contribution in [2.45, 2.75) is 52.0 Å². The van der Waals surface area contributed by atoms with E-state index in [1.54, 1.807) is 37.8 Å². The Morgan fingerprint density at radius 1 is 1.06 bits per heavy atom. The number of benzene rings is 1. The van der Waals surface area contributed by atoms with E-state index in [0.717, 1.165) is 0 Å². The van der Waals surface area contributed by atoms with E-state index in [-0.39, 0.29) is 29.2 Å². The minimum atomic E-state index is -3.77. The summed E-state index contributed by atoms with van der Waals surface area (Å²) in [4.78, 5) is 28.5. The van der Waals surface area contributed by atoms with Gasteiger partial charge in [0.25, 0.3) is 0 Å². The fourth-order valence-corrected chi connectivity index (χ4v) is 5.20. The number of sulfonamides is 1. The number of amides is 2. The van der Waals surface area contributed by atoms with Crippen molar-refractivity contribution in [2.24, 2.45) is 0 Å². The van der Waals surface area contributed by atoms with E-state index in [2.05, 4.69) is 5.32 Å². The fraction of sp³-hybridized carbons (Fsp3) is 0.652. The summed E-state index contributed by atoms with van der Waals surface area (Å²) in [5.41, 5.74) is -0.171. The number of rotatable bonds is 9. The molecule has 1 aliphatic rings. The molecule has 0 aromatic heterocycles. The van der Waals surface area contributed by atoms with Crippen molar-refractivity contribution in [3.8, 4) is 5.75 Å². The van der Waals surface area contributed by atoms with Crippen molar-refractivity contribution in [3.63, 3.8) is 0 Å². The Kier molecular flexibility index (Phi) is 9.72. The molecule has 192 valence electrons. The van der Waals surface area contributed by atoms with Crippen molar-refractivity contribution in [1.82, 2.24) is 14.1 Å². The third-order valence-electron chi connectivity index (χ3n) is 5.24. The Balaban J connectivity index is 2.03. The quantitative estimate of drug-likeness (QED) is 0.557. The molecule has 0 radical (unpaired) electrons. The normalized spacial score (nSPS) is 15.3. The smallest absolute Gasteiger partial charge is 0.410 e. The summed E-state index contributed by atoms with van der Waals surface area (Å²) in [5, 5.41) is 2.79. The predicted octanol–water partition coefficient (Wildman–Crippen LogP) is 2.61. The van der Waals surface area contributed by atoms with E-state index in [0.29, 0.717) is 51.6 Å². The molecule has 0 aliphatic carbocycles. The molecule has 0 atom stereocenters. The van der Waals surface area contributed by atoms with Crippen LogP contribution in [0.15, 0.2) is 23.1 Å². The number of carbonyl (C=O) groups is 2. The molecule has 0 saturated carbocycles. The Bertz CT molecular complexity index is 949. The van der Waals surface area contributed by atoms with Crippen LogP contribution < -0.4 is 10.1 Å². The molecule has 0 bridgehead atoms. The number of hydrogen-bond acceptors (Lipinski definition) is 7. The van der Waals surface area contributed by atoms with Gasteiger partial charge in [-0.3, -0.25) is 9.69 Å². The largest absolute Gasteiger partial charge is 0.492 e. The molecule has 1 aliphatic heterocycles. The minimum absolute atomic E-state index is 0.0295. The van der Waals surface area contributed by atoms with Gasteiger partial charge in [0.2, 0.25) is 15.9 Å². The van der Waals surface area contributed by atoms with Crippen LogP contribution >= 0.6 is 0 Å². The number of nitrogens with one attached hydrogen (secondary N) is 1. The summed E-state index contributed by atoms with van der Waals surface area (Å²) in [6, 6.07) is 4.64. The number of nitrogens with zero attached hydrogens (tertiary/aromatic N) is 3. The molecular weight excluding hydrogens is 460 g/mol. The highest BCUT2D eigenvalue weighted by molar-refractivity contribution is 7.89. The van der Waals surface area contributed by atoms with Crippen LogP contribution in [0.1, 0.15) is 41.5 Å². The van der Waals surface area contributed by atoms with Crippen molar-refractivity contribution in [2.75, 3.05) is 57.7 Å². The molecule has 0 spiro atoms. The second-order valence-electron chi connectivity index (χ2n) is 8.98. The first-order valence-electron chi connectivity index (χ1n) is 11.7. The van der Waals surface area contributed by atoms with E-state index in [4.69, 9.17) is 9.47 Å². The molecule has 34 heavy (non-hydrogen) atoms. The number of ether oxygens (including phenoxy) is 2. The summed E-state index contributed by atoms with van der Waals surface area (Å²) in [6.45, 7) is 13.9. The SMILES string of the molecule is CCOc1ccc(NC(=O)CN2CCN(C(=O)OC(C)(C)C)CC2)cc1S(=O)(=O)N(CC)CC. The molecule has 1 aromatic rings. The van der Waals surface area contributed by atoms with Gasteiger partial charge in [-0.1, -0.05) is 13.8 Å². The molecule has 11 heteroatoms. The first kappa shape index (κ1) is 27.9. The first-order chi connectivity index (χ1) is 15.9. The summed E-state index contributed by atoms with van der Waals surface area (Å²) in [6.07, 6.45) is -0.354. The van der Waals surface area contributed by atoms with Crippen molar-refractivity contribution in [3.05, 3.63) is 18.2 Å². The van der Waals surface area contributed by atoms with Crippen LogP contribution in [0, 0.1) is 0 Å². The minimum Gasteiger partial charge on any atom is -0.492 e. The highest BCUT2D eigenvalue weighted by atomic mass is 32.2. The summed E-state index contributed by atoms with van der Waals surface area (Å²) in [7, 11) is -3.77. The van der Waals surface area contributed by atoms with E-state index in [9.17, 15) is 18.0 Å². The van der Waals surface area contributed by atoms with Crippen molar-refractivity contribution < 1.29 is 27.5 Å². The van der Waals surface area contributed by atoms with E-state index < -0.39 is 15.6 Å². The van der Waals surface area contributed by atoms with Gasteiger partial charge in [-0.05, 0) is 45.9 Å². The maximum atomic E-state index is 13.1. The fourth-order valence-electron chi connectivity index (χ4n) is 3.58. The lowest BCUT2D eigenvalue weighted by Crippen LogP contribution is -2.51. The molecule has 0 unspecified atom stereocenters. The number of piperazine rings is 1. The topological polar surface area (TPSA) is 108 Å². The lowest BCUT2D eigenvalue weighted by atomic mass is 10.2. The second kappa shape index (κ2) is 11.9. The van der Waals surface area contributed by atoms with Gasteiger partial charge in [0.1, 0.15) is 16.2 Å². The number of carbonyl (C=O) groups excluding carboxylic acids is 2. The zero-order chi connectivity index (χ0) is 25.5. The van der Waals surface area contributed by atoms with E-state index >= 15 is 0 Å². The molecule has 1 N–H and O–H groups in total. The monoisotopic (exact) mass is 498 g/mol. The van der Waals surface area contributed by atoms with E-state index in [1.165, 1.54) is 10.4 Å². The molecular formula is C23H38N4O6S. The van der Waals surface area contributed by atoms with Crippen LogP contribution in [-0.4, -0.2) is 92.5 Å². The second-order valence-corrected chi connectivity index (χ2v) is 10.9. The van der Waals surface area contributed by atoms with Crippen molar-refractivity contribution in [1.29, 1.82) is 0 Å². The predicted molar refractivity (Wildman–Crippen MR) is 131 cm³/mol. The standard InChI is InChI=1S/C23H38N4O6S/c1-7-27(8-2)34(30,31)20-16-18(10-11-19(20)32-9-3)24-21(28)17-25-12-14-26(15-13-25)22(29)33-23(4,5)6/h10-11,16H,7-9,12-15,17H2,1-6H3,(H,24,28). The zero-order valence-corrected chi connectivity index (χ0v) is 21.9. The Labute approximate surface area is 203 Å². The van der Waals surface area contributed by atoms with Crippen LogP contribution in [0.3, 0.4) is 0 Å². The van der Waals surface area contributed by atoms with Crippen LogP contribution in [0.4, 0.5) is 10.5 Å². The molecule has 2 amide bonds. The number of anilines is 1. The summed E-state index contributed by atoms with van der Waals surface area (Å²) < 4.78 is 38.5. The number of hydrogen-bond donors (Lipinski definition) is 1. The summed E-state index contributed by atoms with van der Waals surface area (Å²) >= 11 is 0. The maximum Gasteiger partial charge on any atom is 0.410 e. The maximum absolute atomic E-state index is 13.1. The molecule has 1 heterocycles.